The highest BCUT2D eigenvalue weighted by atomic mass is 32.2. The van der Waals surface area contributed by atoms with E-state index in [9.17, 15) is 18.0 Å². The van der Waals surface area contributed by atoms with Crippen LogP contribution in [0.15, 0.2) is 53.4 Å². The van der Waals surface area contributed by atoms with Crippen molar-refractivity contribution in [2.75, 3.05) is 7.11 Å². The lowest BCUT2D eigenvalue weighted by Crippen LogP contribution is -2.25. The number of aryl methyl sites for hydroxylation is 1. The summed E-state index contributed by atoms with van der Waals surface area (Å²) in [5.41, 5.74) is 2.23. The molecule has 1 aliphatic rings. The van der Waals surface area contributed by atoms with Gasteiger partial charge in [0.15, 0.2) is 0 Å². The van der Waals surface area contributed by atoms with E-state index < -0.39 is 16.0 Å². The number of amides is 1. The number of ether oxygens (including phenoxy) is 1. The lowest BCUT2D eigenvalue weighted by molar-refractivity contribution is -0.121. The topological polar surface area (TPSA) is 102 Å². The zero-order chi connectivity index (χ0) is 20.9. The van der Waals surface area contributed by atoms with Crippen molar-refractivity contribution < 1.29 is 22.7 Å². The number of methoxy groups -OCH3 is 1. The van der Waals surface area contributed by atoms with Crippen LogP contribution in [0.25, 0.3) is 0 Å². The fraction of sp³-hybridized carbons (Fsp3) is 0.333. The minimum Gasteiger partial charge on any atom is -0.465 e. The van der Waals surface area contributed by atoms with Crippen LogP contribution in [0, 0.1) is 0 Å². The molecule has 7 nitrogen and oxygen atoms in total. The van der Waals surface area contributed by atoms with Crippen LogP contribution in [0.2, 0.25) is 0 Å². The van der Waals surface area contributed by atoms with E-state index in [-0.39, 0.29) is 16.8 Å². The number of rotatable bonds is 9. The Bertz CT molecular complexity index is 965. The molecular formula is C21H24N2O5S. The van der Waals surface area contributed by atoms with Gasteiger partial charge in [0.2, 0.25) is 15.9 Å². The SMILES string of the molecule is COC(=O)c1ccc(CNC(=O)CCc2ccc(S(=O)(=O)NC3CC3)cc2)cc1. The van der Waals surface area contributed by atoms with Crippen molar-refractivity contribution in [1.29, 1.82) is 0 Å². The quantitative estimate of drug-likeness (QED) is 0.610. The molecule has 0 spiro atoms. The highest BCUT2D eigenvalue weighted by Crippen LogP contribution is 2.22. The van der Waals surface area contributed by atoms with Crippen LogP contribution in [-0.4, -0.2) is 33.4 Å². The molecule has 0 saturated heterocycles. The summed E-state index contributed by atoms with van der Waals surface area (Å²) in [6.45, 7) is 0.365. The Hall–Kier alpha value is -2.71. The molecule has 1 saturated carbocycles. The maximum atomic E-state index is 12.2. The van der Waals surface area contributed by atoms with E-state index in [4.69, 9.17) is 0 Å². The van der Waals surface area contributed by atoms with Crippen LogP contribution in [0.3, 0.4) is 0 Å². The van der Waals surface area contributed by atoms with Crippen LogP contribution < -0.4 is 10.0 Å². The Balaban J connectivity index is 1.45. The molecule has 0 unspecified atom stereocenters. The zero-order valence-corrected chi connectivity index (χ0v) is 17.0. The van der Waals surface area contributed by atoms with Crippen LogP contribution in [-0.2, 0) is 32.5 Å². The summed E-state index contributed by atoms with van der Waals surface area (Å²) < 4.78 is 31.6. The summed E-state index contributed by atoms with van der Waals surface area (Å²) in [6, 6.07) is 13.5. The Labute approximate surface area is 170 Å². The lowest BCUT2D eigenvalue weighted by Gasteiger charge is -2.08. The fourth-order valence-electron chi connectivity index (χ4n) is 2.75. The smallest absolute Gasteiger partial charge is 0.337 e. The van der Waals surface area contributed by atoms with Gasteiger partial charge in [-0.3, -0.25) is 4.79 Å². The molecule has 0 bridgehead atoms. The molecule has 1 amide bonds. The van der Waals surface area contributed by atoms with Gasteiger partial charge in [0, 0.05) is 19.0 Å². The van der Waals surface area contributed by atoms with Crippen LogP contribution in [0.5, 0.6) is 0 Å². The second-order valence-corrected chi connectivity index (χ2v) is 8.72. The first-order chi connectivity index (χ1) is 13.9. The van der Waals surface area contributed by atoms with Crippen LogP contribution in [0.1, 0.15) is 40.7 Å². The molecule has 2 aromatic carbocycles. The van der Waals surface area contributed by atoms with Crippen molar-refractivity contribution in [3.05, 3.63) is 65.2 Å². The summed E-state index contributed by atoms with van der Waals surface area (Å²) in [7, 11) is -2.13. The predicted molar refractivity (Wildman–Crippen MR) is 108 cm³/mol. The van der Waals surface area contributed by atoms with Gasteiger partial charge < -0.3 is 10.1 Å². The van der Waals surface area contributed by atoms with E-state index in [1.54, 1.807) is 48.5 Å². The molecule has 2 aromatic rings. The second kappa shape index (κ2) is 9.19. The van der Waals surface area contributed by atoms with Gasteiger partial charge in [0.05, 0.1) is 17.6 Å². The molecule has 154 valence electrons. The first kappa shape index (κ1) is 21.0. The van der Waals surface area contributed by atoms with Gasteiger partial charge in [-0.1, -0.05) is 24.3 Å². The highest BCUT2D eigenvalue weighted by molar-refractivity contribution is 7.89. The summed E-state index contributed by atoms with van der Waals surface area (Å²) >= 11 is 0. The molecule has 2 N–H and O–H groups in total. The number of hydrogen-bond acceptors (Lipinski definition) is 5. The second-order valence-electron chi connectivity index (χ2n) is 7.00. The fourth-order valence-corrected chi connectivity index (χ4v) is 4.05. The van der Waals surface area contributed by atoms with Crippen molar-refractivity contribution >= 4 is 21.9 Å². The van der Waals surface area contributed by atoms with E-state index in [1.807, 2.05) is 0 Å². The van der Waals surface area contributed by atoms with Gasteiger partial charge >= 0.3 is 5.97 Å². The number of esters is 1. The number of benzene rings is 2. The Kier molecular flexibility index (Phi) is 6.66. The number of sulfonamides is 1. The molecule has 1 fully saturated rings. The Morgan fingerprint density at radius 1 is 1.00 bits per heavy atom. The Morgan fingerprint density at radius 3 is 2.21 bits per heavy atom. The first-order valence-electron chi connectivity index (χ1n) is 9.42. The van der Waals surface area contributed by atoms with Crippen LogP contribution in [0.4, 0.5) is 0 Å². The zero-order valence-electron chi connectivity index (χ0n) is 16.2. The third-order valence-electron chi connectivity index (χ3n) is 4.64. The van der Waals surface area contributed by atoms with Crippen molar-refractivity contribution in [3.8, 4) is 0 Å². The van der Waals surface area contributed by atoms with Gasteiger partial charge in [-0.05, 0) is 54.7 Å². The maximum Gasteiger partial charge on any atom is 0.337 e. The number of carbonyl (C=O) groups excluding carboxylic acids is 2. The lowest BCUT2D eigenvalue weighted by atomic mass is 10.1. The molecule has 0 aliphatic heterocycles. The van der Waals surface area contributed by atoms with Crippen molar-refractivity contribution in [1.82, 2.24) is 10.0 Å². The van der Waals surface area contributed by atoms with Crippen molar-refractivity contribution in [3.63, 3.8) is 0 Å². The normalized spacial score (nSPS) is 13.7. The third-order valence-corrected chi connectivity index (χ3v) is 6.17. The number of nitrogens with one attached hydrogen (secondary N) is 2. The standard InChI is InChI=1S/C21H24N2O5S/c1-28-21(25)17-7-2-16(3-8-17)14-22-20(24)13-6-15-4-11-19(12-5-15)29(26,27)23-18-9-10-18/h2-5,7-8,11-12,18,23H,6,9-10,13-14H2,1H3,(H,22,24). The van der Waals surface area contributed by atoms with Gasteiger partial charge in [0.25, 0.3) is 0 Å². The third kappa shape index (κ3) is 6.13. The summed E-state index contributed by atoms with van der Waals surface area (Å²) in [5.74, 6) is -0.503. The number of carbonyl (C=O) groups is 2. The average Bonchev–Trinajstić information content (AvgIpc) is 3.54. The predicted octanol–water partition coefficient (Wildman–Crippen LogP) is 2.16. The van der Waals surface area contributed by atoms with E-state index in [0.29, 0.717) is 24.9 Å². The van der Waals surface area contributed by atoms with Crippen molar-refractivity contribution in [2.24, 2.45) is 0 Å². The Morgan fingerprint density at radius 2 is 1.62 bits per heavy atom. The molecule has 29 heavy (non-hydrogen) atoms. The van der Waals surface area contributed by atoms with E-state index in [1.165, 1.54) is 7.11 Å². The van der Waals surface area contributed by atoms with Gasteiger partial charge in [0.1, 0.15) is 0 Å². The summed E-state index contributed by atoms with van der Waals surface area (Å²) in [6.07, 6.45) is 2.60. The molecular weight excluding hydrogens is 392 g/mol. The molecule has 1 aliphatic carbocycles. The van der Waals surface area contributed by atoms with Crippen molar-refractivity contribution in [2.45, 2.75) is 43.2 Å². The van der Waals surface area contributed by atoms with E-state index in [2.05, 4.69) is 14.8 Å². The molecule has 0 atom stereocenters. The summed E-state index contributed by atoms with van der Waals surface area (Å²) in [4.78, 5) is 23.7. The van der Waals surface area contributed by atoms with Gasteiger partial charge in [-0.15, -0.1) is 0 Å². The van der Waals surface area contributed by atoms with E-state index in [0.717, 1.165) is 24.0 Å². The molecule has 0 heterocycles. The first-order valence-corrected chi connectivity index (χ1v) is 10.9. The minimum absolute atomic E-state index is 0.0695. The molecule has 0 aromatic heterocycles. The van der Waals surface area contributed by atoms with Gasteiger partial charge in [-0.2, -0.15) is 0 Å². The summed E-state index contributed by atoms with van der Waals surface area (Å²) in [5, 5.41) is 2.84. The largest absolute Gasteiger partial charge is 0.465 e. The van der Waals surface area contributed by atoms with E-state index >= 15 is 0 Å². The number of hydrogen-bond donors (Lipinski definition) is 2. The minimum atomic E-state index is -3.45. The molecule has 0 radical (unpaired) electrons. The van der Waals surface area contributed by atoms with Crippen LogP contribution >= 0.6 is 0 Å². The van der Waals surface area contributed by atoms with Gasteiger partial charge in [-0.25, -0.2) is 17.9 Å². The maximum absolute atomic E-state index is 12.2. The average molecular weight is 416 g/mol. The monoisotopic (exact) mass is 416 g/mol. The molecule has 3 rings (SSSR count). The molecule has 8 heteroatoms. The highest BCUT2D eigenvalue weighted by Gasteiger charge is 2.27.